The Morgan fingerprint density at radius 2 is 2.11 bits per heavy atom. The van der Waals surface area contributed by atoms with Gasteiger partial charge < -0.3 is 5.32 Å². The van der Waals surface area contributed by atoms with E-state index >= 15 is 0 Å². The lowest BCUT2D eigenvalue weighted by atomic mass is 10.2. The molecule has 1 rings (SSSR count). The molecule has 0 atom stereocenters. The van der Waals surface area contributed by atoms with Gasteiger partial charge in [-0.25, -0.2) is 8.42 Å². The minimum absolute atomic E-state index is 0.219. The Labute approximate surface area is 109 Å². The maximum Gasteiger partial charge on any atom is 0.150 e. The SMILES string of the molecule is CCNCc1cnn(CCCS(=O)(=O)CC)c1C. The number of nitrogens with one attached hydrogen (secondary N) is 1. The summed E-state index contributed by atoms with van der Waals surface area (Å²) in [6.07, 6.45) is 2.48. The highest BCUT2D eigenvalue weighted by Gasteiger charge is 2.09. The number of hydrogen-bond donors (Lipinski definition) is 1. The molecule has 1 aromatic heterocycles. The molecule has 0 saturated heterocycles. The monoisotopic (exact) mass is 273 g/mol. The molecule has 6 heteroatoms. The van der Waals surface area contributed by atoms with E-state index < -0.39 is 9.84 Å². The Morgan fingerprint density at radius 3 is 2.72 bits per heavy atom. The van der Waals surface area contributed by atoms with Crippen molar-refractivity contribution in [3.63, 3.8) is 0 Å². The predicted molar refractivity (Wildman–Crippen MR) is 73.3 cm³/mol. The van der Waals surface area contributed by atoms with E-state index in [1.165, 1.54) is 5.56 Å². The van der Waals surface area contributed by atoms with Crippen LogP contribution >= 0.6 is 0 Å². The molecule has 0 bridgehead atoms. The third-order valence-electron chi connectivity index (χ3n) is 3.04. The van der Waals surface area contributed by atoms with E-state index in [2.05, 4.69) is 17.3 Å². The van der Waals surface area contributed by atoms with Gasteiger partial charge in [0.1, 0.15) is 9.84 Å². The lowest BCUT2D eigenvalue weighted by Gasteiger charge is -2.06. The Bertz CT molecular complexity index is 466. The summed E-state index contributed by atoms with van der Waals surface area (Å²) in [5.74, 6) is 0.460. The normalized spacial score (nSPS) is 11.9. The van der Waals surface area contributed by atoms with Gasteiger partial charge in [0.2, 0.25) is 0 Å². The molecule has 0 amide bonds. The Kier molecular flexibility index (Phi) is 5.81. The Balaban J connectivity index is 2.51. The van der Waals surface area contributed by atoms with Crippen molar-refractivity contribution in [2.75, 3.05) is 18.1 Å². The zero-order valence-corrected chi connectivity index (χ0v) is 12.3. The zero-order chi connectivity index (χ0) is 13.6. The van der Waals surface area contributed by atoms with Crippen LogP contribution in [0.25, 0.3) is 0 Å². The molecule has 5 nitrogen and oxygen atoms in total. The zero-order valence-electron chi connectivity index (χ0n) is 11.4. The molecule has 0 saturated carbocycles. The quantitative estimate of drug-likeness (QED) is 0.771. The minimum atomic E-state index is -2.86. The van der Waals surface area contributed by atoms with Crippen molar-refractivity contribution in [1.29, 1.82) is 0 Å². The van der Waals surface area contributed by atoms with Crippen LogP contribution in [-0.4, -0.2) is 36.2 Å². The number of sulfone groups is 1. The summed E-state index contributed by atoms with van der Waals surface area (Å²) < 4.78 is 24.6. The standard InChI is InChI=1S/C12H23N3O2S/c1-4-13-9-12-10-14-15(11(12)3)7-6-8-18(16,17)5-2/h10,13H,4-9H2,1-3H3. The van der Waals surface area contributed by atoms with Crippen molar-refractivity contribution in [1.82, 2.24) is 15.1 Å². The first-order valence-electron chi connectivity index (χ1n) is 6.42. The van der Waals surface area contributed by atoms with Crippen molar-refractivity contribution in [2.24, 2.45) is 0 Å². The molecule has 0 radical (unpaired) electrons. The number of nitrogens with zero attached hydrogens (tertiary/aromatic N) is 2. The van der Waals surface area contributed by atoms with E-state index in [0.717, 1.165) is 18.8 Å². The van der Waals surface area contributed by atoms with Crippen LogP contribution in [0.1, 0.15) is 31.5 Å². The molecule has 0 fully saturated rings. The van der Waals surface area contributed by atoms with Crippen LogP contribution in [0.15, 0.2) is 6.20 Å². The number of aryl methyl sites for hydroxylation is 1. The lowest BCUT2D eigenvalue weighted by molar-refractivity contribution is 0.565. The molecule has 0 aromatic carbocycles. The molecule has 0 aliphatic rings. The van der Waals surface area contributed by atoms with E-state index in [-0.39, 0.29) is 11.5 Å². The highest BCUT2D eigenvalue weighted by atomic mass is 32.2. The van der Waals surface area contributed by atoms with Crippen LogP contribution in [0.4, 0.5) is 0 Å². The first-order chi connectivity index (χ1) is 8.50. The lowest BCUT2D eigenvalue weighted by Crippen LogP contribution is -2.14. The third-order valence-corrected chi connectivity index (χ3v) is 4.83. The van der Waals surface area contributed by atoms with Crippen LogP contribution in [0.5, 0.6) is 0 Å². The molecule has 0 unspecified atom stereocenters. The molecule has 0 aliphatic heterocycles. The summed E-state index contributed by atoms with van der Waals surface area (Å²) in [6.45, 7) is 8.18. The first-order valence-corrected chi connectivity index (χ1v) is 8.24. The van der Waals surface area contributed by atoms with Gasteiger partial charge in [0.05, 0.1) is 11.9 Å². The average molecular weight is 273 g/mol. The van der Waals surface area contributed by atoms with Crippen molar-refractivity contribution >= 4 is 9.84 Å². The van der Waals surface area contributed by atoms with E-state index in [1.807, 2.05) is 17.8 Å². The first kappa shape index (κ1) is 15.2. The topological polar surface area (TPSA) is 64.0 Å². The highest BCUT2D eigenvalue weighted by molar-refractivity contribution is 7.91. The Hall–Kier alpha value is -0.880. The van der Waals surface area contributed by atoms with E-state index in [4.69, 9.17) is 0 Å². The number of hydrogen-bond acceptors (Lipinski definition) is 4. The summed E-state index contributed by atoms with van der Waals surface area (Å²) >= 11 is 0. The van der Waals surface area contributed by atoms with Crippen LogP contribution in [0, 0.1) is 6.92 Å². The molecular formula is C12H23N3O2S. The van der Waals surface area contributed by atoms with Crippen LogP contribution in [-0.2, 0) is 22.9 Å². The summed E-state index contributed by atoms with van der Waals surface area (Å²) in [7, 11) is -2.86. The van der Waals surface area contributed by atoms with E-state index in [0.29, 0.717) is 13.0 Å². The fraction of sp³-hybridized carbons (Fsp3) is 0.750. The van der Waals surface area contributed by atoms with Crippen molar-refractivity contribution in [3.05, 3.63) is 17.5 Å². The van der Waals surface area contributed by atoms with Crippen molar-refractivity contribution in [2.45, 2.75) is 40.3 Å². The Morgan fingerprint density at radius 1 is 1.39 bits per heavy atom. The van der Waals surface area contributed by atoms with Crippen LogP contribution in [0.2, 0.25) is 0 Å². The van der Waals surface area contributed by atoms with E-state index in [1.54, 1.807) is 6.92 Å². The maximum atomic E-state index is 11.4. The second-order valence-electron chi connectivity index (χ2n) is 4.35. The predicted octanol–water partition coefficient (Wildman–Crippen LogP) is 1.13. The summed E-state index contributed by atoms with van der Waals surface area (Å²) in [5.41, 5.74) is 2.29. The van der Waals surface area contributed by atoms with Gasteiger partial charge in [0.25, 0.3) is 0 Å². The van der Waals surface area contributed by atoms with Crippen LogP contribution in [0.3, 0.4) is 0 Å². The fourth-order valence-electron chi connectivity index (χ4n) is 1.72. The fourth-order valence-corrected chi connectivity index (χ4v) is 2.58. The van der Waals surface area contributed by atoms with Gasteiger partial charge in [0, 0.05) is 30.1 Å². The summed E-state index contributed by atoms with van der Waals surface area (Å²) in [5, 5.41) is 7.55. The van der Waals surface area contributed by atoms with Crippen LogP contribution < -0.4 is 5.32 Å². The number of aromatic nitrogens is 2. The average Bonchev–Trinajstić information content (AvgIpc) is 2.68. The number of rotatable bonds is 8. The van der Waals surface area contributed by atoms with E-state index in [9.17, 15) is 8.42 Å². The van der Waals surface area contributed by atoms with Gasteiger partial charge in [0.15, 0.2) is 0 Å². The van der Waals surface area contributed by atoms with Gasteiger partial charge >= 0.3 is 0 Å². The van der Waals surface area contributed by atoms with Crippen molar-refractivity contribution in [3.8, 4) is 0 Å². The molecule has 18 heavy (non-hydrogen) atoms. The van der Waals surface area contributed by atoms with Gasteiger partial charge in [-0.15, -0.1) is 0 Å². The largest absolute Gasteiger partial charge is 0.313 e. The van der Waals surface area contributed by atoms with Crippen molar-refractivity contribution < 1.29 is 8.42 Å². The van der Waals surface area contributed by atoms with Gasteiger partial charge in [-0.1, -0.05) is 13.8 Å². The second kappa shape index (κ2) is 6.89. The molecule has 0 aliphatic carbocycles. The second-order valence-corrected chi connectivity index (χ2v) is 6.82. The smallest absolute Gasteiger partial charge is 0.150 e. The highest BCUT2D eigenvalue weighted by Crippen LogP contribution is 2.08. The molecule has 1 aromatic rings. The summed E-state index contributed by atoms with van der Waals surface area (Å²) in [6, 6.07) is 0. The molecule has 1 N–H and O–H groups in total. The molecule has 0 spiro atoms. The van der Waals surface area contributed by atoms with Gasteiger partial charge in [-0.2, -0.15) is 5.10 Å². The van der Waals surface area contributed by atoms with Gasteiger partial charge in [-0.3, -0.25) is 4.68 Å². The third kappa shape index (κ3) is 4.42. The maximum absolute atomic E-state index is 11.4. The molecule has 1 heterocycles. The molecular weight excluding hydrogens is 250 g/mol. The summed E-state index contributed by atoms with van der Waals surface area (Å²) in [4.78, 5) is 0. The van der Waals surface area contributed by atoms with Gasteiger partial charge in [-0.05, 0) is 19.9 Å². The minimum Gasteiger partial charge on any atom is -0.313 e. The molecule has 104 valence electrons.